The van der Waals surface area contributed by atoms with Crippen LogP contribution >= 0.6 is 11.6 Å². The first-order chi connectivity index (χ1) is 7.77. The van der Waals surface area contributed by atoms with Crippen molar-refractivity contribution in [3.05, 3.63) is 34.9 Å². The number of hydrogen-bond donors (Lipinski definition) is 0. The van der Waals surface area contributed by atoms with E-state index < -0.39 is 0 Å². The zero-order chi connectivity index (χ0) is 11.4. The van der Waals surface area contributed by atoms with Crippen LogP contribution in [-0.2, 0) is 11.2 Å². The van der Waals surface area contributed by atoms with Crippen molar-refractivity contribution in [1.82, 2.24) is 0 Å². The number of carbonyl (C=O) groups excluding carboxylic acids is 1. The molecule has 1 atom stereocenters. The van der Waals surface area contributed by atoms with Crippen molar-refractivity contribution in [2.24, 2.45) is 5.92 Å². The Morgan fingerprint density at radius 1 is 1.19 bits per heavy atom. The van der Waals surface area contributed by atoms with E-state index in [0.29, 0.717) is 5.78 Å². The lowest BCUT2D eigenvalue weighted by Gasteiger charge is -2.13. The predicted molar refractivity (Wildman–Crippen MR) is 66.7 cm³/mol. The number of benzene rings is 1. The largest absolute Gasteiger partial charge is 0.299 e. The molecule has 1 aromatic rings. The summed E-state index contributed by atoms with van der Waals surface area (Å²) < 4.78 is 0. The minimum absolute atomic E-state index is 0.197. The van der Waals surface area contributed by atoms with Crippen LogP contribution in [-0.4, -0.2) is 5.78 Å². The van der Waals surface area contributed by atoms with E-state index in [4.69, 9.17) is 11.6 Å². The third kappa shape index (κ3) is 2.85. The Labute approximate surface area is 102 Å². The molecule has 1 saturated carbocycles. The van der Waals surface area contributed by atoms with Gasteiger partial charge in [-0.2, -0.15) is 0 Å². The molecule has 86 valence electrons. The van der Waals surface area contributed by atoms with Crippen LogP contribution in [0.2, 0.25) is 5.02 Å². The van der Waals surface area contributed by atoms with Crippen molar-refractivity contribution < 1.29 is 4.79 Å². The van der Waals surface area contributed by atoms with Gasteiger partial charge in [0, 0.05) is 17.4 Å². The van der Waals surface area contributed by atoms with Crippen molar-refractivity contribution in [3.8, 4) is 0 Å². The zero-order valence-corrected chi connectivity index (χ0v) is 10.2. The maximum Gasteiger partial charge on any atom is 0.136 e. The molecule has 1 aliphatic rings. The average molecular weight is 237 g/mol. The summed E-state index contributed by atoms with van der Waals surface area (Å²) in [6, 6.07) is 7.85. The summed E-state index contributed by atoms with van der Waals surface area (Å²) >= 11 is 6.12. The summed E-state index contributed by atoms with van der Waals surface area (Å²) in [4.78, 5) is 11.9. The molecule has 1 nitrogen and oxygen atoms in total. The van der Waals surface area contributed by atoms with Gasteiger partial charge in [0.1, 0.15) is 5.78 Å². The van der Waals surface area contributed by atoms with Gasteiger partial charge in [0.05, 0.1) is 0 Å². The SMILES string of the molecule is O=C1CCCCCC1Cc1ccccc1Cl. The Bertz CT molecular complexity index is 373. The quantitative estimate of drug-likeness (QED) is 0.709. The number of hydrogen-bond acceptors (Lipinski definition) is 1. The molecule has 0 radical (unpaired) electrons. The first-order valence-electron chi connectivity index (χ1n) is 6.03. The van der Waals surface area contributed by atoms with E-state index in [9.17, 15) is 4.79 Å². The molecule has 16 heavy (non-hydrogen) atoms. The van der Waals surface area contributed by atoms with Crippen LogP contribution in [0.15, 0.2) is 24.3 Å². The highest BCUT2D eigenvalue weighted by Gasteiger charge is 2.21. The van der Waals surface area contributed by atoms with Gasteiger partial charge in [-0.15, -0.1) is 0 Å². The minimum Gasteiger partial charge on any atom is -0.299 e. The molecule has 2 heteroatoms. The summed E-state index contributed by atoms with van der Waals surface area (Å²) in [5, 5.41) is 0.791. The highest BCUT2D eigenvalue weighted by molar-refractivity contribution is 6.31. The molecule has 1 aliphatic carbocycles. The molecule has 0 aromatic heterocycles. The standard InChI is InChI=1S/C14H17ClO/c15-13-8-5-4-6-11(13)10-12-7-2-1-3-9-14(12)16/h4-6,8,12H,1-3,7,9-10H2. The molecular formula is C14H17ClO. The van der Waals surface area contributed by atoms with Gasteiger partial charge < -0.3 is 0 Å². The van der Waals surface area contributed by atoms with Crippen LogP contribution in [0.4, 0.5) is 0 Å². The second kappa shape index (κ2) is 5.49. The third-order valence-electron chi connectivity index (χ3n) is 3.36. The molecule has 2 rings (SSSR count). The van der Waals surface area contributed by atoms with Crippen molar-refractivity contribution in [2.75, 3.05) is 0 Å². The Morgan fingerprint density at radius 3 is 2.81 bits per heavy atom. The number of rotatable bonds is 2. The number of ketones is 1. The van der Waals surface area contributed by atoms with Gasteiger partial charge in [0.25, 0.3) is 0 Å². The number of carbonyl (C=O) groups is 1. The van der Waals surface area contributed by atoms with Crippen molar-refractivity contribution in [1.29, 1.82) is 0 Å². The topological polar surface area (TPSA) is 17.1 Å². The van der Waals surface area contributed by atoms with Crippen LogP contribution < -0.4 is 0 Å². The minimum atomic E-state index is 0.197. The van der Waals surface area contributed by atoms with Crippen LogP contribution in [0, 0.1) is 5.92 Å². The lowest BCUT2D eigenvalue weighted by Crippen LogP contribution is -2.15. The van der Waals surface area contributed by atoms with E-state index in [1.165, 1.54) is 12.8 Å². The smallest absolute Gasteiger partial charge is 0.136 e. The summed E-state index contributed by atoms with van der Waals surface area (Å²) in [7, 11) is 0. The highest BCUT2D eigenvalue weighted by Crippen LogP contribution is 2.26. The first kappa shape index (κ1) is 11.7. The molecule has 1 fully saturated rings. The highest BCUT2D eigenvalue weighted by atomic mass is 35.5. The molecule has 0 amide bonds. The van der Waals surface area contributed by atoms with E-state index in [2.05, 4.69) is 0 Å². The molecular weight excluding hydrogens is 220 g/mol. The van der Waals surface area contributed by atoms with Gasteiger partial charge in [0.2, 0.25) is 0 Å². The normalized spacial score (nSPS) is 21.8. The van der Waals surface area contributed by atoms with E-state index in [1.807, 2.05) is 24.3 Å². The fourth-order valence-corrected chi connectivity index (χ4v) is 2.59. The summed E-state index contributed by atoms with van der Waals surface area (Å²) in [6.45, 7) is 0. The first-order valence-corrected chi connectivity index (χ1v) is 6.41. The fraction of sp³-hybridized carbons (Fsp3) is 0.500. The van der Waals surface area contributed by atoms with E-state index in [1.54, 1.807) is 0 Å². The number of halogens is 1. The Kier molecular flexibility index (Phi) is 4.00. The molecule has 1 aromatic carbocycles. The third-order valence-corrected chi connectivity index (χ3v) is 3.72. The Morgan fingerprint density at radius 2 is 2.00 bits per heavy atom. The van der Waals surface area contributed by atoms with Crippen LogP contribution in [0.1, 0.15) is 37.7 Å². The molecule has 0 spiro atoms. The van der Waals surface area contributed by atoms with E-state index in [0.717, 1.165) is 36.3 Å². The summed E-state index contributed by atoms with van der Waals surface area (Å²) in [5.74, 6) is 0.625. The maximum absolute atomic E-state index is 11.9. The maximum atomic E-state index is 11.9. The lowest BCUT2D eigenvalue weighted by molar-refractivity contribution is -0.122. The molecule has 0 aliphatic heterocycles. The summed E-state index contributed by atoms with van der Waals surface area (Å²) in [6.07, 6.45) is 6.06. The number of Topliss-reactive ketones (excluding diaryl/α,β-unsaturated/α-hetero) is 1. The van der Waals surface area contributed by atoms with E-state index >= 15 is 0 Å². The van der Waals surface area contributed by atoms with Gasteiger partial charge in [-0.05, 0) is 30.9 Å². The lowest BCUT2D eigenvalue weighted by atomic mass is 9.91. The van der Waals surface area contributed by atoms with Gasteiger partial charge in [0.15, 0.2) is 0 Å². The zero-order valence-electron chi connectivity index (χ0n) is 9.42. The summed E-state index contributed by atoms with van der Waals surface area (Å²) in [5.41, 5.74) is 1.12. The molecule has 0 heterocycles. The van der Waals surface area contributed by atoms with Gasteiger partial charge in [-0.1, -0.05) is 42.6 Å². The monoisotopic (exact) mass is 236 g/mol. The molecule has 1 unspecified atom stereocenters. The van der Waals surface area contributed by atoms with Gasteiger partial charge >= 0.3 is 0 Å². The molecule has 0 bridgehead atoms. The van der Waals surface area contributed by atoms with Crippen LogP contribution in [0.3, 0.4) is 0 Å². The second-order valence-electron chi connectivity index (χ2n) is 4.56. The second-order valence-corrected chi connectivity index (χ2v) is 4.97. The van der Waals surface area contributed by atoms with Crippen LogP contribution in [0.5, 0.6) is 0 Å². The molecule has 0 saturated heterocycles. The average Bonchev–Trinajstić information content (AvgIpc) is 2.48. The Hall–Kier alpha value is -0.820. The Balaban J connectivity index is 2.08. The fourth-order valence-electron chi connectivity index (χ4n) is 2.38. The van der Waals surface area contributed by atoms with Crippen LogP contribution in [0.25, 0.3) is 0 Å². The van der Waals surface area contributed by atoms with Crippen molar-refractivity contribution in [3.63, 3.8) is 0 Å². The predicted octanol–water partition coefficient (Wildman–Crippen LogP) is 4.03. The van der Waals surface area contributed by atoms with E-state index in [-0.39, 0.29) is 5.92 Å². The van der Waals surface area contributed by atoms with Gasteiger partial charge in [-0.3, -0.25) is 4.79 Å². The van der Waals surface area contributed by atoms with Crippen molar-refractivity contribution >= 4 is 17.4 Å². The molecule has 0 N–H and O–H groups in total. The van der Waals surface area contributed by atoms with Gasteiger partial charge in [-0.25, -0.2) is 0 Å². The van der Waals surface area contributed by atoms with Crippen molar-refractivity contribution in [2.45, 2.75) is 38.5 Å².